The molecule has 1 unspecified atom stereocenters. The molecule has 1 N–H and O–H groups in total. The van der Waals surface area contributed by atoms with Crippen molar-refractivity contribution in [3.8, 4) is 0 Å². The summed E-state index contributed by atoms with van der Waals surface area (Å²) >= 11 is 5.82. The fourth-order valence-corrected chi connectivity index (χ4v) is 2.39. The number of carbonyl (C=O) groups is 1. The number of nitrogens with zero attached hydrogens (tertiary/aromatic N) is 1. The molecule has 0 radical (unpaired) electrons. The number of hydrogen-bond donors (Lipinski definition) is 1. The second-order valence-corrected chi connectivity index (χ2v) is 5.36. The van der Waals surface area contributed by atoms with E-state index >= 15 is 0 Å². The van der Waals surface area contributed by atoms with E-state index in [0.29, 0.717) is 17.1 Å². The minimum atomic E-state index is -0.388. The topological polar surface area (TPSA) is 40.5 Å². The van der Waals surface area contributed by atoms with Gasteiger partial charge in [-0.05, 0) is 43.5 Å². The Balaban J connectivity index is 2.07. The molecule has 19 heavy (non-hydrogen) atoms. The van der Waals surface area contributed by atoms with E-state index in [4.69, 9.17) is 11.6 Å². The number of aliphatic hydroxyl groups excluding tert-OH is 1. The lowest BCUT2D eigenvalue weighted by molar-refractivity contribution is -0.129. The summed E-state index contributed by atoms with van der Waals surface area (Å²) in [7, 11) is 0. The van der Waals surface area contributed by atoms with Gasteiger partial charge in [-0.15, -0.1) is 0 Å². The van der Waals surface area contributed by atoms with E-state index in [1.807, 2.05) is 18.2 Å². The lowest BCUT2D eigenvalue weighted by atomic mass is 10.1. The second-order valence-electron chi connectivity index (χ2n) is 4.93. The van der Waals surface area contributed by atoms with E-state index in [2.05, 4.69) is 0 Å². The summed E-state index contributed by atoms with van der Waals surface area (Å²) in [5.74, 6) is -0.00583. The average molecular weight is 280 g/mol. The van der Waals surface area contributed by atoms with E-state index in [9.17, 15) is 9.90 Å². The van der Waals surface area contributed by atoms with Gasteiger partial charge in [0.1, 0.15) is 0 Å². The zero-order chi connectivity index (χ0) is 13.8. The summed E-state index contributed by atoms with van der Waals surface area (Å²) in [6, 6.07) is 7.36. The first-order valence-corrected chi connectivity index (χ1v) is 6.85. The Labute approximate surface area is 118 Å². The summed E-state index contributed by atoms with van der Waals surface area (Å²) in [6.07, 6.45) is 3.10. The molecule has 1 aliphatic rings. The van der Waals surface area contributed by atoms with Crippen molar-refractivity contribution in [3.63, 3.8) is 0 Å². The van der Waals surface area contributed by atoms with Crippen molar-refractivity contribution in [2.24, 2.45) is 0 Å². The fourth-order valence-electron chi connectivity index (χ4n) is 2.26. The van der Waals surface area contributed by atoms with Crippen molar-refractivity contribution in [2.75, 3.05) is 13.1 Å². The van der Waals surface area contributed by atoms with Gasteiger partial charge >= 0.3 is 0 Å². The average Bonchev–Trinajstić information content (AvgIpc) is 2.40. The van der Waals surface area contributed by atoms with E-state index in [0.717, 1.165) is 24.9 Å². The lowest BCUT2D eigenvalue weighted by Gasteiger charge is -2.30. The number of benzene rings is 1. The fraction of sp³-hybridized carbons (Fsp3) is 0.400. The minimum Gasteiger partial charge on any atom is -0.391 e. The molecule has 1 atom stereocenters. The maximum atomic E-state index is 12.2. The Hall–Kier alpha value is -1.32. The number of likely N-dealkylation sites (tertiary alicyclic amines) is 1. The van der Waals surface area contributed by atoms with Crippen LogP contribution >= 0.6 is 11.6 Å². The van der Waals surface area contributed by atoms with Crippen LogP contribution in [-0.4, -0.2) is 35.1 Å². The SMILES string of the molecule is C/C(=C/c1ccc(Cl)cc1)C(=O)N1CCCC(O)C1. The number of rotatable bonds is 2. The number of piperidine rings is 1. The molecule has 2 rings (SSSR count). The highest BCUT2D eigenvalue weighted by molar-refractivity contribution is 6.30. The van der Waals surface area contributed by atoms with Crippen molar-refractivity contribution in [1.29, 1.82) is 0 Å². The normalized spacial score (nSPS) is 20.5. The van der Waals surface area contributed by atoms with E-state index in [1.54, 1.807) is 24.0 Å². The van der Waals surface area contributed by atoms with Crippen LogP contribution in [0.1, 0.15) is 25.3 Å². The Morgan fingerprint density at radius 1 is 1.42 bits per heavy atom. The smallest absolute Gasteiger partial charge is 0.249 e. The molecule has 0 aromatic heterocycles. The van der Waals surface area contributed by atoms with Gasteiger partial charge in [-0.1, -0.05) is 23.7 Å². The van der Waals surface area contributed by atoms with E-state index < -0.39 is 0 Å². The van der Waals surface area contributed by atoms with Crippen molar-refractivity contribution in [2.45, 2.75) is 25.9 Å². The Kier molecular flexibility index (Phi) is 4.61. The van der Waals surface area contributed by atoms with Crippen LogP contribution in [0.15, 0.2) is 29.8 Å². The van der Waals surface area contributed by atoms with Crippen LogP contribution in [0, 0.1) is 0 Å². The second kappa shape index (κ2) is 6.22. The van der Waals surface area contributed by atoms with Crippen molar-refractivity contribution < 1.29 is 9.90 Å². The summed E-state index contributed by atoms with van der Waals surface area (Å²) in [6.45, 7) is 2.96. The van der Waals surface area contributed by atoms with Crippen LogP contribution in [-0.2, 0) is 4.79 Å². The summed E-state index contributed by atoms with van der Waals surface area (Å²) in [5.41, 5.74) is 1.63. The monoisotopic (exact) mass is 279 g/mol. The molecule has 1 amide bonds. The Morgan fingerprint density at radius 3 is 2.74 bits per heavy atom. The quantitative estimate of drug-likeness (QED) is 0.846. The highest BCUT2D eigenvalue weighted by Crippen LogP contribution is 2.16. The Bertz CT molecular complexity index is 481. The first-order valence-electron chi connectivity index (χ1n) is 6.47. The lowest BCUT2D eigenvalue weighted by Crippen LogP contribution is -2.42. The highest BCUT2D eigenvalue weighted by Gasteiger charge is 2.22. The van der Waals surface area contributed by atoms with Crippen LogP contribution in [0.4, 0.5) is 0 Å². The predicted octanol–water partition coefficient (Wildman–Crippen LogP) is 2.73. The number of aliphatic hydroxyl groups is 1. The molecule has 102 valence electrons. The molecule has 0 saturated carbocycles. The molecule has 1 aliphatic heterocycles. The van der Waals surface area contributed by atoms with Gasteiger partial charge in [0.15, 0.2) is 0 Å². The minimum absolute atomic E-state index is 0.00583. The van der Waals surface area contributed by atoms with Gasteiger partial charge in [-0.2, -0.15) is 0 Å². The standard InChI is InChI=1S/C15H18ClNO2/c1-11(9-12-4-6-13(16)7-5-12)15(19)17-8-2-3-14(18)10-17/h4-7,9,14,18H,2-3,8,10H2,1H3/b11-9-. The number of β-amino-alcohol motifs (C(OH)–C–C–N with tert-alkyl or cyclic N) is 1. The van der Waals surface area contributed by atoms with Gasteiger partial charge in [0.05, 0.1) is 6.10 Å². The molecule has 3 nitrogen and oxygen atoms in total. The van der Waals surface area contributed by atoms with Gasteiger partial charge in [0.2, 0.25) is 5.91 Å². The van der Waals surface area contributed by atoms with Crippen LogP contribution in [0.25, 0.3) is 6.08 Å². The van der Waals surface area contributed by atoms with Crippen LogP contribution in [0.5, 0.6) is 0 Å². The molecule has 0 spiro atoms. The molecular weight excluding hydrogens is 262 g/mol. The van der Waals surface area contributed by atoms with Crippen molar-refractivity contribution >= 4 is 23.6 Å². The third-order valence-corrected chi connectivity index (χ3v) is 3.53. The maximum absolute atomic E-state index is 12.2. The molecule has 1 aromatic rings. The van der Waals surface area contributed by atoms with Crippen molar-refractivity contribution in [3.05, 3.63) is 40.4 Å². The number of carbonyl (C=O) groups excluding carboxylic acids is 1. The first kappa shape index (κ1) is 14.1. The molecule has 1 heterocycles. The van der Waals surface area contributed by atoms with Crippen LogP contribution in [0.2, 0.25) is 5.02 Å². The number of amides is 1. The molecule has 1 fully saturated rings. The molecular formula is C15H18ClNO2. The zero-order valence-corrected chi connectivity index (χ0v) is 11.7. The van der Waals surface area contributed by atoms with Gasteiger partial charge in [0, 0.05) is 23.7 Å². The van der Waals surface area contributed by atoms with Crippen molar-refractivity contribution in [1.82, 2.24) is 4.90 Å². The summed E-state index contributed by atoms with van der Waals surface area (Å²) in [5, 5.41) is 10.3. The predicted molar refractivity (Wildman–Crippen MR) is 76.9 cm³/mol. The number of halogens is 1. The largest absolute Gasteiger partial charge is 0.391 e. The molecule has 0 aliphatic carbocycles. The van der Waals surface area contributed by atoms with Crippen LogP contribution < -0.4 is 0 Å². The van der Waals surface area contributed by atoms with Gasteiger partial charge in [-0.25, -0.2) is 0 Å². The molecule has 0 bridgehead atoms. The molecule has 1 saturated heterocycles. The van der Waals surface area contributed by atoms with Gasteiger partial charge in [-0.3, -0.25) is 4.79 Å². The van der Waals surface area contributed by atoms with E-state index in [-0.39, 0.29) is 12.0 Å². The third kappa shape index (κ3) is 3.82. The van der Waals surface area contributed by atoms with Crippen LogP contribution in [0.3, 0.4) is 0 Å². The molecule has 1 aromatic carbocycles. The first-order chi connectivity index (χ1) is 9.06. The summed E-state index contributed by atoms with van der Waals surface area (Å²) in [4.78, 5) is 14.0. The highest BCUT2D eigenvalue weighted by atomic mass is 35.5. The number of hydrogen-bond acceptors (Lipinski definition) is 2. The third-order valence-electron chi connectivity index (χ3n) is 3.27. The Morgan fingerprint density at radius 2 is 2.11 bits per heavy atom. The van der Waals surface area contributed by atoms with Gasteiger partial charge < -0.3 is 10.0 Å². The van der Waals surface area contributed by atoms with Gasteiger partial charge in [0.25, 0.3) is 0 Å². The molecule has 4 heteroatoms. The zero-order valence-electron chi connectivity index (χ0n) is 11.0. The van der Waals surface area contributed by atoms with E-state index in [1.165, 1.54) is 0 Å². The maximum Gasteiger partial charge on any atom is 0.249 e. The summed E-state index contributed by atoms with van der Waals surface area (Å²) < 4.78 is 0.